The lowest BCUT2D eigenvalue weighted by molar-refractivity contribution is -0.114. The number of carbonyl (C=O) groups excluding carboxylic acids is 1. The molecule has 0 atom stereocenters. The van der Waals surface area contributed by atoms with Gasteiger partial charge >= 0.3 is 6.01 Å². The number of fused-ring (bicyclic) bond motifs is 1. The van der Waals surface area contributed by atoms with Crippen LogP contribution in [0.1, 0.15) is 6.92 Å². The van der Waals surface area contributed by atoms with Crippen LogP contribution >= 0.6 is 11.3 Å². The van der Waals surface area contributed by atoms with Gasteiger partial charge in [0.15, 0.2) is 5.13 Å². The van der Waals surface area contributed by atoms with Crippen LogP contribution < -0.4 is 10.1 Å². The smallest absolute Gasteiger partial charge is 0.316 e. The molecule has 0 unspecified atom stereocenters. The largest absolute Gasteiger partial charge is 0.467 e. The Hall–Kier alpha value is -2.54. The van der Waals surface area contributed by atoms with Crippen LogP contribution in [0.2, 0.25) is 0 Å². The van der Waals surface area contributed by atoms with Crippen molar-refractivity contribution in [1.82, 2.24) is 15.0 Å². The molecular formula is C14H12N4O2S. The van der Waals surface area contributed by atoms with Crippen LogP contribution in [-0.4, -0.2) is 28.0 Å². The van der Waals surface area contributed by atoms with E-state index in [2.05, 4.69) is 20.3 Å². The van der Waals surface area contributed by atoms with E-state index in [0.29, 0.717) is 11.1 Å². The van der Waals surface area contributed by atoms with Crippen molar-refractivity contribution in [2.45, 2.75) is 6.92 Å². The highest BCUT2D eigenvalue weighted by Crippen LogP contribution is 2.30. The minimum Gasteiger partial charge on any atom is -0.467 e. The van der Waals surface area contributed by atoms with E-state index < -0.39 is 0 Å². The Bertz CT molecular complexity index is 816. The minimum atomic E-state index is -0.130. The van der Waals surface area contributed by atoms with E-state index in [9.17, 15) is 4.79 Å². The summed E-state index contributed by atoms with van der Waals surface area (Å²) in [6, 6.07) is 7.97. The van der Waals surface area contributed by atoms with Gasteiger partial charge in [0.25, 0.3) is 0 Å². The monoisotopic (exact) mass is 300 g/mol. The number of ether oxygens (including phenoxy) is 1. The van der Waals surface area contributed by atoms with Gasteiger partial charge in [-0.05, 0) is 18.2 Å². The van der Waals surface area contributed by atoms with Gasteiger partial charge in [-0.15, -0.1) is 0 Å². The number of amides is 1. The van der Waals surface area contributed by atoms with Crippen LogP contribution in [0.5, 0.6) is 6.01 Å². The summed E-state index contributed by atoms with van der Waals surface area (Å²) in [6.07, 6.45) is 1.65. The summed E-state index contributed by atoms with van der Waals surface area (Å²) in [6.45, 7) is 1.46. The molecule has 6 nitrogen and oxygen atoms in total. The number of rotatable bonds is 3. The molecule has 2 heterocycles. The van der Waals surface area contributed by atoms with Crippen molar-refractivity contribution in [3.8, 4) is 17.3 Å². The Morgan fingerprint density at radius 2 is 2.14 bits per heavy atom. The van der Waals surface area contributed by atoms with Crippen LogP contribution in [0.3, 0.4) is 0 Å². The first kappa shape index (κ1) is 13.4. The molecule has 3 aromatic rings. The molecule has 0 aliphatic rings. The lowest BCUT2D eigenvalue weighted by Crippen LogP contribution is -2.04. The van der Waals surface area contributed by atoms with Gasteiger partial charge in [-0.25, -0.2) is 9.97 Å². The van der Waals surface area contributed by atoms with Crippen molar-refractivity contribution >= 4 is 32.6 Å². The molecule has 106 valence electrons. The predicted molar refractivity (Wildman–Crippen MR) is 81.5 cm³/mol. The predicted octanol–water partition coefficient (Wildman–Crippen LogP) is 2.72. The van der Waals surface area contributed by atoms with Crippen LogP contribution in [0.4, 0.5) is 5.13 Å². The van der Waals surface area contributed by atoms with Crippen molar-refractivity contribution in [2.24, 2.45) is 0 Å². The summed E-state index contributed by atoms with van der Waals surface area (Å²) in [5, 5.41) is 3.29. The Morgan fingerprint density at radius 3 is 2.90 bits per heavy atom. The first-order chi connectivity index (χ1) is 10.2. The Morgan fingerprint density at radius 1 is 1.29 bits per heavy atom. The lowest BCUT2D eigenvalue weighted by atomic mass is 10.1. The number of methoxy groups -OCH3 is 1. The maximum absolute atomic E-state index is 11.1. The zero-order valence-corrected chi connectivity index (χ0v) is 12.3. The van der Waals surface area contributed by atoms with E-state index in [0.717, 1.165) is 21.5 Å². The number of hydrogen-bond acceptors (Lipinski definition) is 6. The molecule has 2 aromatic heterocycles. The number of nitrogens with one attached hydrogen (secondary N) is 1. The number of anilines is 1. The van der Waals surface area contributed by atoms with Crippen molar-refractivity contribution in [3.63, 3.8) is 0 Å². The van der Waals surface area contributed by atoms with Gasteiger partial charge in [-0.2, -0.15) is 4.98 Å². The van der Waals surface area contributed by atoms with Gasteiger partial charge in [0, 0.05) is 18.7 Å². The highest BCUT2D eigenvalue weighted by atomic mass is 32.1. The zero-order valence-electron chi connectivity index (χ0n) is 11.5. The normalized spacial score (nSPS) is 10.6. The van der Waals surface area contributed by atoms with E-state index in [-0.39, 0.29) is 5.91 Å². The molecule has 7 heteroatoms. The Balaban J connectivity index is 2.01. The van der Waals surface area contributed by atoms with Crippen molar-refractivity contribution in [1.29, 1.82) is 0 Å². The summed E-state index contributed by atoms with van der Waals surface area (Å²) in [5.74, 6) is -0.130. The Kier molecular flexibility index (Phi) is 3.49. The van der Waals surface area contributed by atoms with Crippen LogP contribution in [0.15, 0.2) is 30.5 Å². The van der Waals surface area contributed by atoms with Crippen molar-refractivity contribution < 1.29 is 9.53 Å². The highest BCUT2D eigenvalue weighted by Gasteiger charge is 2.08. The molecule has 1 aromatic carbocycles. The average Bonchev–Trinajstić information content (AvgIpc) is 2.87. The molecular weight excluding hydrogens is 288 g/mol. The third-order valence-electron chi connectivity index (χ3n) is 2.78. The van der Waals surface area contributed by atoms with Crippen LogP contribution in [0.25, 0.3) is 21.5 Å². The quantitative estimate of drug-likeness (QED) is 0.804. The van der Waals surface area contributed by atoms with Gasteiger partial charge in [0.1, 0.15) is 0 Å². The average molecular weight is 300 g/mol. The molecule has 21 heavy (non-hydrogen) atoms. The molecule has 1 amide bonds. The van der Waals surface area contributed by atoms with Gasteiger partial charge in [0.2, 0.25) is 5.91 Å². The van der Waals surface area contributed by atoms with Crippen LogP contribution in [-0.2, 0) is 4.79 Å². The first-order valence-corrected chi connectivity index (χ1v) is 7.03. The molecule has 0 aliphatic carbocycles. The second-order valence-corrected chi connectivity index (χ2v) is 5.34. The summed E-state index contributed by atoms with van der Waals surface area (Å²) in [7, 11) is 1.53. The fraction of sp³-hybridized carbons (Fsp3) is 0.143. The standard InChI is InChI=1S/C14H12N4O2S/c1-8(19)16-14-18-11-4-3-9(7-12(11)21-14)10-5-6-15-13(17-10)20-2/h3-7H,1-2H3,(H,16,18,19). The zero-order chi connectivity index (χ0) is 14.8. The molecule has 0 saturated carbocycles. The molecule has 0 spiro atoms. The summed E-state index contributed by atoms with van der Waals surface area (Å²) in [5.41, 5.74) is 2.56. The third kappa shape index (κ3) is 2.82. The van der Waals surface area contributed by atoms with Gasteiger partial charge < -0.3 is 10.1 Å². The third-order valence-corrected chi connectivity index (χ3v) is 3.72. The number of nitrogens with zero attached hydrogens (tertiary/aromatic N) is 3. The molecule has 0 fully saturated rings. The fourth-order valence-electron chi connectivity index (χ4n) is 1.89. The second kappa shape index (κ2) is 5.45. The molecule has 0 bridgehead atoms. The second-order valence-electron chi connectivity index (χ2n) is 4.31. The van der Waals surface area contributed by atoms with Gasteiger partial charge in [-0.3, -0.25) is 4.79 Å². The fourth-order valence-corrected chi connectivity index (χ4v) is 2.84. The maximum Gasteiger partial charge on any atom is 0.316 e. The van der Waals surface area contributed by atoms with E-state index in [4.69, 9.17) is 4.74 Å². The lowest BCUT2D eigenvalue weighted by Gasteiger charge is -2.02. The van der Waals surface area contributed by atoms with Crippen LogP contribution in [0, 0.1) is 0 Å². The first-order valence-electron chi connectivity index (χ1n) is 6.21. The van der Waals surface area contributed by atoms with Crippen molar-refractivity contribution in [2.75, 3.05) is 12.4 Å². The number of thiazole rings is 1. The number of aromatic nitrogens is 3. The summed E-state index contributed by atoms with van der Waals surface area (Å²) >= 11 is 1.43. The van der Waals surface area contributed by atoms with Crippen molar-refractivity contribution in [3.05, 3.63) is 30.5 Å². The maximum atomic E-state index is 11.1. The van der Waals surface area contributed by atoms with Gasteiger partial charge in [0.05, 0.1) is 23.0 Å². The molecule has 0 aliphatic heterocycles. The Labute approximate surface area is 124 Å². The molecule has 0 saturated heterocycles. The van der Waals surface area contributed by atoms with E-state index in [1.807, 2.05) is 24.3 Å². The SMILES string of the molecule is COc1nccc(-c2ccc3nc(NC(C)=O)sc3c2)n1. The van der Waals surface area contributed by atoms with E-state index >= 15 is 0 Å². The minimum absolute atomic E-state index is 0.130. The summed E-state index contributed by atoms with van der Waals surface area (Å²) in [4.78, 5) is 23.7. The highest BCUT2D eigenvalue weighted by molar-refractivity contribution is 7.22. The van der Waals surface area contributed by atoms with Gasteiger partial charge in [-0.1, -0.05) is 17.4 Å². The van der Waals surface area contributed by atoms with E-state index in [1.54, 1.807) is 6.20 Å². The molecule has 3 rings (SSSR count). The number of carbonyl (C=O) groups is 1. The molecule has 0 radical (unpaired) electrons. The topological polar surface area (TPSA) is 77.0 Å². The van der Waals surface area contributed by atoms with E-state index in [1.165, 1.54) is 25.4 Å². The number of benzene rings is 1. The molecule has 1 N–H and O–H groups in total. The summed E-state index contributed by atoms with van der Waals surface area (Å²) < 4.78 is 6.01. The number of hydrogen-bond donors (Lipinski definition) is 1.